The molecule has 2 aromatic rings. The first-order valence-electron chi connectivity index (χ1n) is 13.7. The summed E-state index contributed by atoms with van der Waals surface area (Å²) in [6, 6.07) is 15.4. The average molecular weight is 493 g/mol. The molecule has 0 radical (unpaired) electrons. The lowest BCUT2D eigenvalue weighted by Crippen LogP contribution is -2.52. The second kappa shape index (κ2) is 14.2. The van der Waals surface area contributed by atoms with Crippen LogP contribution in [-0.4, -0.2) is 31.3 Å². The largest absolute Gasteiger partial charge is 0.494 e. The fraction of sp³-hybridized carbons (Fsp3) is 0.516. The lowest BCUT2D eigenvalue weighted by molar-refractivity contribution is -0.149. The van der Waals surface area contributed by atoms with Crippen LogP contribution in [0.1, 0.15) is 87.5 Å². The molecule has 36 heavy (non-hydrogen) atoms. The van der Waals surface area contributed by atoms with Crippen molar-refractivity contribution in [3.63, 3.8) is 0 Å². The first-order valence-corrected chi connectivity index (χ1v) is 13.7. The van der Waals surface area contributed by atoms with Gasteiger partial charge in [0.05, 0.1) is 13.2 Å². The summed E-state index contributed by atoms with van der Waals surface area (Å²) in [4.78, 5) is 11.8. The molecule has 1 unspecified atom stereocenters. The highest BCUT2D eigenvalue weighted by Crippen LogP contribution is 2.33. The fourth-order valence-corrected chi connectivity index (χ4v) is 4.55. The lowest BCUT2D eigenvalue weighted by Gasteiger charge is -2.19. The van der Waals surface area contributed by atoms with Crippen molar-refractivity contribution in [1.82, 2.24) is 0 Å². The van der Waals surface area contributed by atoms with E-state index in [1.54, 1.807) is 6.92 Å². The number of carbonyl (C=O) groups is 1. The van der Waals surface area contributed by atoms with Crippen molar-refractivity contribution in [2.24, 2.45) is 11.5 Å². The molecule has 2 aromatic carbocycles. The van der Waals surface area contributed by atoms with Crippen molar-refractivity contribution in [3.05, 3.63) is 64.7 Å². The van der Waals surface area contributed by atoms with E-state index in [1.165, 1.54) is 47.1 Å². The highest BCUT2D eigenvalue weighted by Gasteiger charge is 2.28. The molecular weight excluding hydrogens is 448 g/mol. The monoisotopic (exact) mass is 492 g/mol. The molecule has 0 saturated heterocycles. The Morgan fingerprint density at radius 3 is 2.56 bits per heavy atom. The number of carbonyl (C=O) groups excluding carboxylic acids is 1. The maximum absolute atomic E-state index is 11.8. The van der Waals surface area contributed by atoms with Gasteiger partial charge in [0.15, 0.2) is 0 Å². The Morgan fingerprint density at radius 1 is 1.00 bits per heavy atom. The van der Waals surface area contributed by atoms with Gasteiger partial charge in [0.1, 0.15) is 11.3 Å². The van der Waals surface area contributed by atoms with E-state index in [9.17, 15) is 4.79 Å². The van der Waals surface area contributed by atoms with E-state index in [-0.39, 0.29) is 6.54 Å². The van der Waals surface area contributed by atoms with Crippen molar-refractivity contribution >= 4 is 17.6 Å². The SMILES string of the molecule is CCCCc1ccccc1C1=Cc2cc(OCCCCCCOC(=O)C(C)(N)CN)ccc2CCC1. The number of aryl methyl sites for hydroxylation is 2. The second-order valence-electron chi connectivity index (χ2n) is 10.2. The van der Waals surface area contributed by atoms with Crippen LogP contribution in [0.4, 0.5) is 0 Å². The first kappa shape index (κ1) is 27.9. The Bertz CT molecular complexity index is 1010. The number of hydrogen-bond acceptors (Lipinski definition) is 5. The van der Waals surface area contributed by atoms with Gasteiger partial charge in [-0.05, 0) is 105 Å². The maximum Gasteiger partial charge on any atom is 0.327 e. The van der Waals surface area contributed by atoms with Crippen LogP contribution in [0.5, 0.6) is 5.75 Å². The molecule has 5 heteroatoms. The van der Waals surface area contributed by atoms with Crippen molar-refractivity contribution in [1.29, 1.82) is 0 Å². The van der Waals surface area contributed by atoms with Crippen LogP contribution in [0.25, 0.3) is 11.6 Å². The average Bonchev–Trinajstić information content (AvgIpc) is 3.11. The van der Waals surface area contributed by atoms with E-state index in [4.69, 9.17) is 20.9 Å². The Kier molecular flexibility index (Phi) is 11.0. The summed E-state index contributed by atoms with van der Waals surface area (Å²) in [7, 11) is 0. The molecule has 3 rings (SSSR count). The Balaban J connectivity index is 1.49. The third kappa shape index (κ3) is 8.21. The smallest absolute Gasteiger partial charge is 0.327 e. The van der Waals surface area contributed by atoms with Gasteiger partial charge in [-0.25, -0.2) is 0 Å². The zero-order valence-corrected chi connectivity index (χ0v) is 22.2. The van der Waals surface area contributed by atoms with Crippen LogP contribution in [0.3, 0.4) is 0 Å². The Hall–Kier alpha value is -2.63. The topological polar surface area (TPSA) is 87.6 Å². The van der Waals surface area contributed by atoms with Gasteiger partial charge in [-0.3, -0.25) is 4.79 Å². The van der Waals surface area contributed by atoms with Crippen LogP contribution in [0.15, 0.2) is 42.5 Å². The molecule has 0 bridgehead atoms. The van der Waals surface area contributed by atoms with Gasteiger partial charge in [-0.2, -0.15) is 0 Å². The van der Waals surface area contributed by atoms with Crippen molar-refractivity contribution < 1.29 is 14.3 Å². The number of nitrogens with two attached hydrogens (primary N) is 2. The van der Waals surface area contributed by atoms with Crippen LogP contribution in [-0.2, 0) is 22.4 Å². The van der Waals surface area contributed by atoms with Crippen LogP contribution >= 0.6 is 0 Å². The predicted molar refractivity (Wildman–Crippen MR) is 149 cm³/mol. The summed E-state index contributed by atoms with van der Waals surface area (Å²) in [6.45, 7) is 4.99. The summed E-state index contributed by atoms with van der Waals surface area (Å²) in [5.41, 5.74) is 17.2. The van der Waals surface area contributed by atoms with Gasteiger partial charge in [-0.1, -0.05) is 49.8 Å². The summed E-state index contributed by atoms with van der Waals surface area (Å²) >= 11 is 0. The van der Waals surface area contributed by atoms with E-state index in [0.717, 1.165) is 50.7 Å². The zero-order chi connectivity index (χ0) is 25.8. The molecule has 0 heterocycles. The molecule has 1 atom stereocenters. The van der Waals surface area contributed by atoms with Gasteiger partial charge in [0, 0.05) is 6.54 Å². The van der Waals surface area contributed by atoms with E-state index in [2.05, 4.69) is 55.5 Å². The molecule has 4 N–H and O–H groups in total. The van der Waals surface area contributed by atoms with E-state index in [0.29, 0.717) is 13.2 Å². The molecule has 0 saturated carbocycles. The van der Waals surface area contributed by atoms with Gasteiger partial charge in [0.2, 0.25) is 0 Å². The standard InChI is InChI=1S/C31H44N2O3/c1-3-4-12-25-13-7-8-16-29(25)26-15-11-14-24-17-18-28(22-27(24)21-26)35-19-9-5-6-10-20-36-30(34)31(2,33)23-32/h7-8,13,16-18,21-22H,3-6,9-12,14-15,19-20,23,32-33H2,1-2H3. The number of hydrogen-bond donors (Lipinski definition) is 2. The minimum Gasteiger partial charge on any atom is -0.494 e. The molecule has 196 valence electrons. The number of esters is 1. The molecule has 5 nitrogen and oxygen atoms in total. The number of unbranched alkanes of at least 4 members (excludes halogenated alkanes) is 4. The fourth-order valence-electron chi connectivity index (χ4n) is 4.55. The molecule has 0 spiro atoms. The van der Waals surface area contributed by atoms with Crippen molar-refractivity contribution in [3.8, 4) is 5.75 Å². The lowest BCUT2D eigenvalue weighted by atomic mass is 9.93. The first-order chi connectivity index (χ1) is 17.4. The number of benzene rings is 2. The quantitative estimate of drug-likeness (QED) is 0.247. The summed E-state index contributed by atoms with van der Waals surface area (Å²) in [6.07, 6.45) is 13.2. The number of ether oxygens (including phenoxy) is 2. The third-order valence-electron chi connectivity index (χ3n) is 6.93. The van der Waals surface area contributed by atoms with Crippen LogP contribution in [0.2, 0.25) is 0 Å². The third-order valence-corrected chi connectivity index (χ3v) is 6.93. The van der Waals surface area contributed by atoms with Gasteiger partial charge in [-0.15, -0.1) is 0 Å². The minimum absolute atomic E-state index is 0.0786. The van der Waals surface area contributed by atoms with Crippen LogP contribution in [0, 0.1) is 0 Å². The molecular formula is C31H44N2O3. The molecule has 0 aromatic heterocycles. The highest BCUT2D eigenvalue weighted by molar-refractivity contribution is 5.84. The normalized spacial score (nSPS) is 14.8. The van der Waals surface area contributed by atoms with E-state index >= 15 is 0 Å². The van der Waals surface area contributed by atoms with Crippen LogP contribution < -0.4 is 16.2 Å². The molecule has 0 fully saturated rings. The second-order valence-corrected chi connectivity index (χ2v) is 10.2. The van der Waals surface area contributed by atoms with Crippen molar-refractivity contribution in [2.45, 2.75) is 83.6 Å². The minimum atomic E-state index is -1.10. The van der Waals surface area contributed by atoms with Crippen molar-refractivity contribution in [2.75, 3.05) is 19.8 Å². The summed E-state index contributed by atoms with van der Waals surface area (Å²) < 4.78 is 11.3. The van der Waals surface area contributed by atoms with E-state index < -0.39 is 11.5 Å². The Morgan fingerprint density at radius 2 is 1.78 bits per heavy atom. The number of rotatable bonds is 14. The predicted octanol–water partition coefficient (Wildman–Crippen LogP) is 6.06. The molecule has 0 aliphatic heterocycles. The highest BCUT2D eigenvalue weighted by atomic mass is 16.5. The summed E-state index contributed by atoms with van der Waals surface area (Å²) in [5, 5.41) is 0. The Labute approximate surface area is 217 Å². The number of allylic oxidation sites excluding steroid dienone is 1. The molecule has 1 aliphatic rings. The van der Waals surface area contributed by atoms with E-state index in [1.807, 2.05) is 0 Å². The number of fused-ring (bicyclic) bond motifs is 1. The maximum atomic E-state index is 11.8. The van der Waals surface area contributed by atoms with Gasteiger partial charge >= 0.3 is 5.97 Å². The van der Waals surface area contributed by atoms with Gasteiger partial charge in [0.25, 0.3) is 0 Å². The zero-order valence-electron chi connectivity index (χ0n) is 22.2. The molecule has 1 aliphatic carbocycles. The molecule has 0 amide bonds. The van der Waals surface area contributed by atoms with Gasteiger partial charge < -0.3 is 20.9 Å². The summed E-state index contributed by atoms with van der Waals surface area (Å²) in [5.74, 6) is 0.502.